The molecule has 0 atom stereocenters. The van der Waals surface area contributed by atoms with Gasteiger partial charge in [-0.2, -0.15) is 0 Å². The summed E-state index contributed by atoms with van der Waals surface area (Å²) in [4.78, 5) is 17.4. The van der Waals surface area contributed by atoms with E-state index in [2.05, 4.69) is 49.7 Å². The third-order valence-corrected chi connectivity index (χ3v) is 4.32. The molecule has 0 aromatic heterocycles. The van der Waals surface area contributed by atoms with Gasteiger partial charge in [-0.25, -0.2) is 0 Å². The maximum Gasteiger partial charge on any atom is 0.242 e. The van der Waals surface area contributed by atoms with Crippen LogP contribution in [0.4, 0.5) is 0 Å². The molecule has 1 N–H and O–H groups in total. The lowest BCUT2D eigenvalue weighted by Gasteiger charge is -2.43. The van der Waals surface area contributed by atoms with Gasteiger partial charge in [0, 0.05) is 38.8 Å². The topological polar surface area (TPSA) is 35.6 Å². The molecule has 1 fully saturated rings. The maximum atomic E-state index is 13.0. The van der Waals surface area contributed by atoms with Crippen LogP contribution in [0.5, 0.6) is 0 Å². The molecule has 1 aliphatic rings. The van der Waals surface area contributed by atoms with Crippen molar-refractivity contribution in [2.45, 2.75) is 65.5 Å². The number of hydrogen-bond acceptors (Lipinski definition) is 3. The lowest BCUT2D eigenvalue weighted by molar-refractivity contribution is -0.145. The zero-order chi connectivity index (χ0) is 15.2. The normalized spacial score (nSPS) is 17.5. The van der Waals surface area contributed by atoms with Crippen molar-refractivity contribution >= 4 is 5.91 Å². The first-order valence-electron chi connectivity index (χ1n) is 8.18. The fourth-order valence-electron chi connectivity index (χ4n) is 2.84. The summed E-state index contributed by atoms with van der Waals surface area (Å²) in [5.74, 6) is 0.283. The van der Waals surface area contributed by atoms with Crippen LogP contribution in [0.2, 0.25) is 0 Å². The summed E-state index contributed by atoms with van der Waals surface area (Å²) >= 11 is 0. The lowest BCUT2D eigenvalue weighted by atomic mass is 9.98. The largest absolute Gasteiger partial charge is 0.339 e. The fraction of sp³-hybridized carbons (Fsp3) is 0.938. The van der Waals surface area contributed by atoms with Crippen molar-refractivity contribution in [2.75, 3.05) is 32.7 Å². The van der Waals surface area contributed by atoms with E-state index < -0.39 is 5.54 Å². The second-order valence-electron chi connectivity index (χ2n) is 6.60. The van der Waals surface area contributed by atoms with Crippen LogP contribution in [0.3, 0.4) is 0 Å². The molecule has 0 radical (unpaired) electrons. The van der Waals surface area contributed by atoms with Gasteiger partial charge in [0.25, 0.3) is 0 Å². The molecule has 1 saturated heterocycles. The van der Waals surface area contributed by atoms with E-state index in [1.165, 1.54) is 12.8 Å². The first kappa shape index (κ1) is 17.4. The van der Waals surface area contributed by atoms with Gasteiger partial charge < -0.3 is 10.2 Å². The Labute approximate surface area is 124 Å². The SMILES string of the molecule is CCCCCN(C(=O)C(C)(C)N1CCNCC1)C(C)C. The highest BCUT2D eigenvalue weighted by atomic mass is 16.2. The summed E-state index contributed by atoms with van der Waals surface area (Å²) in [6.45, 7) is 15.4. The molecule has 4 nitrogen and oxygen atoms in total. The summed E-state index contributed by atoms with van der Waals surface area (Å²) in [5, 5.41) is 3.35. The van der Waals surface area contributed by atoms with Crippen LogP contribution in [-0.4, -0.2) is 60.0 Å². The highest BCUT2D eigenvalue weighted by Crippen LogP contribution is 2.20. The van der Waals surface area contributed by atoms with E-state index in [1.807, 2.05) is 0 Å². The van der Waals surface area contributed by atoms with Crippen LogP contribution in [-0.2, 0) is 4.79 Å². The quantitative estimate of drug-likeness (QED) is 0.727. The molecule has 0 saturated carbocycles. The Kier molecular flexibility index (Phi) is 6.96. The average molecular weight is 283 g/mol. The highest BCUT2D eigenvalue weighted by molar-refractivity contribution is 5.85. The lowest BCUT2D eigenvalue weighted by Crippen LogP contribution is -2.61. The van der Waals surface area contributed by atoms with Gasteiger partial charge in [0.05, 0.1) is 5.54 Å². The van der Waals surface area contributed by atoms with Crippen LogP contribution >= 0.6 is 0 Å². The molecule has 0 spiro atoms. The standard InChI is InChI=1S/C16H33N3O/c1-6-7-8-11-19(14(2)3)15(20)16(4,5)18-12-9-17-10-13-18/h14,17H,6-13H2,1-5H3. The summed E-state index contributed by atoms with van der Waals surface area (Å²) < 4.78 is 0. The third kappa shape index (κ3) is 4.45. The molecule has 0 bridgehead atoms. The number of rotatable bonds is 7. The van der Waals surface area contributed by atoms with Gasteiger partial charge in [-0.15, -0.1) is 0 Å². The van der Waals surface area contributed by atoms with Gasteiger partial charge in [0.1, 0.15) is 0 Å². The second-order valence-corrected chi connectivity index (χ2v) is 6.60. The molecule has 20 heavy (non-hydrogen) atoms. The van der Waals surface area contributed by atoms with E-state index in [1.54, 1.807) is 0 Å². The number of amides is 1. The molecule has 0 aromatic carbocycles. The molecule has 1 heterocycles. The van der Waals surface area contributed by atoms with Gasteiger partial charge in [-0.05, 0) is 34.1 Å². The zero-order valence-corrected chi connectivity index (χ0v) is 14.0. The molecular weight excluding hydrogens is 250 g/mol. The minimum absolute atomic E-state index is 0.279. The molecule has 4 heteroatoms. The smallest absolute Gasteiger partial charge is 0.242 e. The molecule has 118 valence electrons. The molecule has 0 aromatic rings. The van der Waals surface area contributed by atoms with E-state index in [0.29, 0.717) is 0 Å². The van der Waals surface area contributed by atoms with Crippen molar-refractivity contribution < 1.29 is 4.79 Å². The van der Waals surface area contributed by atoms with Crippen LogP contribution in [0, 0.1) is 0 Å². The number of piperazine rings is 1. The maximum absolute atomic E-state index is 13.0. The summed E-state index contributed by atoms with van der Waals surface area (Å²) in [7, 11) is 0. The van der Waals surface area contributed by atoms with E-state index in [0.717, 1.165) is 39.1 Å². The fourth-order valence-corrected chi connectivity index (χ4v) is 2.84. The van der Waals surface area contributed by atoms with Gasteiger partial charge >= 0.3 is 0 Å². The Morgan fingerprint density at radius 1 is 1.25 bits per heavy atom. The van der Waals surface area contributed by atoms with Crippen molar-refractivity contribution in [3.63, 3.8) is 0 Å². The summed E-state index contributed by atoms with van der Waals surface area (Å²) in [6.07, 6.45) is 3.50. The van der Waals surface area contributed by atoms with Gasteiger partial charge in [0.2, 0.25) is 5.91 Å². The van der Waals surface area contributed by atoms with E-state index in [9.17, 15) is 4.79 Å². The predicted molar refractivity (Wildman–Crippen MR) is 84.9 cm³/mol. The van der Waals surface area contributed by atoms with Crippen molar-refractivity contribution in [1.82, 2.24) is 15.1 Å². The third-order valence-electron chi connectivity index (χ3n) is 4.32. The number of hydrogen-bond donors (Lipinski definition) is 1. The molecule has 1 aliphatic heterocycles. The van der Waals surface area contributed by atoms with Gasteiger partial charge in [0.15, 0.2) is 0 Å². The first-order chi connectivity index (χ1) is 9.41. The van der Waals surface area contributed by atoms with Gasteiger partial charge in [-0.3, -0.25) is 9.69 Å². The van der Waals surface area contributed by atoms with Crippen molar-refractivity contribution in [3.8, 4) is 0 Å². The van der Waals surface area contributed by atoms with Crippen LogP contribution in [0.15, 0.2) is 0 Å². The van der Waals surface area contributed by atoms with Crippen LogP contribution in [0.25, 0.3) is 0 Å². The van der Waals surface area contributed by atoms with Crippen LogP contribution in [0.1, 0.15) is 53.9 Å². The number of carbonyl (C=O) groups is 1. The molecule has 1 amide bonds. The zero-order valence-electron chi connectivity index (χ0n) is 14.0. The second kappa shape index (κ2) is 7.99. The van der Waals surface area contributed by atoms with Crippen molar-refractivity contribution in [3.05, 3.63) is 0 Å². The number of nitrogens with zero attached hydrogens (tertiary/aromatic N) is 2. The van der Waals surface area contributed by atoms with Crippen LogP contribution < -0.4 is 5.32 Å². The number of nitrogens with one attached hydrogen (secondary N) is 1. The highest BCUT2D eigenvalue weighted by Gasteiger charge is 2.38. The minimum atomic E-state index is -0.390. The Bertz CT molecular complexity index is 296. The monoisotopic (exact) mass is 283 g/mol. The molecule has 1 rings (SSSR count). The Morgan fingerprint density at radius 2 is 1.85 bits per heavy atom. The summed E-state index contributed by atoms with van der Waals surface area (Å²) in [5.41, 5.74) is -0.390. The predicted octanol–water partition coefficient (Wildman–Crippen LogP) is 2.10. The first-order valence-corrected chi connectivity index (χ1v) is 8.18. The Morgan fingerprint density at radius 3 is 2.35 bits per heavy atom. The van der Waals surface area contributed by atoms with Crippen molar-refractivity contribution in [1.29, 1.82) is 0 Å². The Balaban J connectivity index is 2.70. The number of carbonyl (C=O) groups excluding carboxylic acids is 1. The Hall–Kier alpha value is -0.610. The molecule has 0 unspecified atom stereocenters. The van der Waals surface area contributed by atoms with Gasteiger partial charge in [-0.1, -0.05) is 19.8 Å². The summed E-state index contributed by atoms with van der Waals surface area (Å²) in [6, 6.07) is 0.279. The van der Waals surface area contributed by atoms with E-state index in [-0.39, 0.29) is 11.9 Å². The van der Waals surface area contributed by atoms with E-state index in [4.69, 9.17) is 0 Å². The molecular formula is C16H33N3O. The van der Waals surface area contributed by atoms with E-state index >= 15 is 0 Å². The molecule has 0 aliphatic carbocycles. The number of unbranched alkanes of at least 4 members (excludes halogenated alkanes) is 2. The minimum Gasteiger partial charge on any atom is -0.339 e. The van der Waals surface area contributed by atoms with Crippen molar-refractivity contribution in [2.24, 2.45) is 0 Å². The average Bonchev–Trinajstić information content (AvgIpc) is 2.43.